The molecule has 0 amide bonds. The van der Waals surface area contributed by atoms with Crippen LogP contribution in [-0.4, -0.2) is 22.3 Å². The molecule has 92 valence electrons. The van der Waals surface area contributed by atoms with E-state index in [0.717, 1.165) is 6.54 Å². The van der Waals surface area contributed by atoms with Crippen molar-refractivity contribution in [1.29, 1.82) is 0 Å². The first-order valence-electron chi connectivity index (χ1n) is 6.03. The Morgan fingerprint density at radius 1 is 1.35 bits per heavy atom. The highest BCUT2D eigenvalue weighted by molar-refractivity contribution is 5.85. The molecule has 0 aliphatic rings. The summed E-state index contributed by atoms with van der Waals surface area (Å²) in [6, 6.07) is 8.43. The largest absolute Gasteiger partial charge is 0.392 e. The summed E-state index contributed by atoms with van der Waals surface area (Å²) in [5.41, 5.74) is 3.87. The second kappa shape index (κ2) is 4.90. The van der Waals surface area contributed by atoms with E-state index < -0.39 is 0 Å². The quantitative estimate of drug-likeness (QED) is 0.845. The van der Waals surface area contributed by atoms with Crippen molar-refractivity contribution in [3.63, 3.8) is 0 Å². The van der Waals surface area contributed by atoms with Gasteiger partial charge in [0.2, 0.25) is 0 Å². The van der Waals surface area contributed by atoms with Crippen molar-refractivity contribution in [1.82, 2.24) is 9.88 Å². The molecule has 0 bridgehead atoms. The number of aliphatic hydroxyl groups is 1. The van der Waals surface area contributed by atoms with Crippen LogP contribution in [0, 0.1) is 6.92 Å². The first-order chi connectivity index (χ1) is 8.11. The zero-order valence-electron chi connectivity index (χ0n) is 10.7. The molecular weight excluding hydrogens is 212 g/mol. The van der Waals surface area contributed by atoms with Crippen LogP contribution in [0.15, 0.2) is 24.3 Å². The van der Waals surface area contributed by atoms with Gasteiger partial charge in [0.15, 0.2) is 0 Å². The van der Waals surface area contributed by atoms with Crippen LogP contribution in [0.3, 0.4) is 0 Å². The highest BCUT2D eigenvalue weighted by Crippen LogP contribution is 2.24. The maximum absolute atomic E-state index is 9.25. The number of para-hydroxylation sites is 1. The second-order valence-corrected chi connectivity index (χ2v) is 4.62. The van der Waals surface area contributed by atoms with Crippen LogP contribution in [0.5, 0.6) is 0 Å². The molecule has 0 saturated carbocycles. The van der Waals surface area contributed by atoms with Crippen LogP contribution in [0.4, 0.5) is 0 Å². The fourth-order valence-corrected chi connectivity index (χ4v) is 2.23. The van der Waals surface area contributed by atoms with Crippen molar-refractivity contribution in [3.8, 4) is 0 Å². The molecule has 1 atom stereocenters. The number of benzene rings is 1. The van der Waals surface area contributed by atoms with E-state index in [-0.39, 0.29) is 6.10 Å². The van der Waals surface area contributed by atoms with Crippen LogP contribution < -0.4 is 5.32 Å². The maximum atomic E-state index is 9.25. The van der Waals surface area contributed by atoms with E-state index in [0.29, 0.717) is 6.54 Å². The number of hydrogen-bond acceptors (Lipinski definition) is 2. The van der Waals surface area contributed by atoms with Gasteiger partial charge in [-0.25, -0.2) is 0 Å². The lowest BCUT2D eigenvalue weighted by Crippen LogP contribution is -2.24. The molecule has 1 heterocycles. The molecule has 2 aromatic rings. The van der Waals surface area contributed by atoms with E-state index in [9.17, 15) is 5.11 Å². The minimum Gasteiger partial charge on any atom is -0.392 e. The number of rotatable bonds is 4. The minimum atomic E-state index is -0.301. The smallest absolute Gasteiger partial charge is 0.0636 e. The first kappa shape index (κ1) is 12.1. The van der Waals surface area contributed by atoms with Gasteiger partial charge in [-0.05, 0) is 25.5 Å². The van der Waals surface area contributed by atoms with E-state index in [1.165, 1.54) is 22.2 Å². The molecule has 0 spiro atoms. The Hall–Kier alpha value is -1.32. The van der Waals surface area contributed by atoms with Crippen LogP contribution >= 0.6 is 0 Å². The second-order valence-electron chi connectivity index (χ2n) is 4.62. The highest BCUT2D eigenvalue weighted by atomic mass is 16.3. The third kappa shape index (κ3) is 2.35. The number of aliphatic hydroxyl groups excluding tert-OH is 1. The summed E-state index contributed by atoms with van der Waals surface area (Å²) in [5.74, 6) is 0. The third-order valence-corrected chi connectivity index (χ3v) is 3.27. The fourth-order valence-electron chi connectivity index (χ4n) is 2.23. The first-order valence-corrected chi connectivity index (χ1v) is 6.03. The van der Waals surface area contributed by atoms with Crippen molar-refractivity contribution in [2.24, 2.45) is 7.05 Å². The van der Waals surface area contributed by atoms with Gasteiger partial charge in [-0.15, -0.1) is 0 Å². The lowest BCUT2D eigenvalue weighted by Gasteiger charge is -2.07. The molecule has 0 fully saturated rings. The average molecular weight is 232 g/mol. The Kier molecular flexibility index (Phi) is 3.50. The Balaban J connectivity index is 2.30. The Morgan fingerprint density at radius 2 is 2.06 bits per heavy atom. The summed E-state index contributed by atoms with van der Waals surface area (Å²) in [5, 5.41) is 13.8. The van der Waals surface area contributed by atoms with Crippen molar-refractivity contribution >= 4 is 10.9 Å². The van der Waals surface area contributed by atoms with Crippen LogP contribution in [0.25, 0.3) is 10.9 Å². The monoisotopic (exact) mass is 232 g/mol. The molecule has 2 N–H and O–H groups in total. The van der Waals surface area contributed by atoms with Gasteiger partial charge in [0.05, 0.1) is 6.10 Å². The molecule has 3 nitrogen and oxygen atoms in total. The summed E-state index contributed by atoms with van der Waals surface area (Å²) >= 11 is 0. The molecule has 1 aromatic carbocycles. The predicted octanol–water partition coefficient (Wildman–Crippen LogP) is 1.96. The standard InChI is InChI=1S/C14H20N2O/c1-10(17)8-15-9-13-11(2)16(3)14-7-5-4-6-12(13)14/h4-7,10,15,17H,8-9H2,1-3H3. The Morgan fingerprint density at radius 3 is 2.76 bits per heavy atom. The summed E-state index contributed by atoms with van der Waals surface area (Å²) in [7, 11) is 2.09. The lowest BCUT2D eigenvalue weighted by atomic mass is 10.1. The van der Waals surface area contributed by atoms with E-state index in [2.05, 4.69) is 48.1 Å². The summed E-state index contributed by atoms with van der Waals surface area (Å²) in [4.78, 5) is 0. The summed E-state index contributed by atoms with van der Waals surface area (Å²) in [6.45, 7) is 5.36. The summed E-state index contributed by atoms with van der Waals surface area (Å²) < 4.78 is 2.22. The van der Waals surface area contributed by atoms with Crippen LogP contribution in [0.1, 0.15) is 18.2 Å². The highest BCUT2D eigenvalue weighted by Gasteiger charge is 2.10. The number of aromatic nitrogens is 1. The van der Waals surface area contributed by atoms with Gasteiger partial charge in [-0.2, -0.15) is 0 Å². The van der Waals surface area contributed by atoms with Gasteiger partial charge in [0.25, 0.3) is 0 Å². The molecular formula is C14H20N2O. The molecule has 0 saturated heterocycles. The molecule has 1 aromatic heterocycles. The Bertz CT molecular complexity index is 514. The molecule has 3 heteroatoms. The Labute approximate surface area is 102 Å². The number of hydrogen-bond donors (Lipinski definition) is 2. The molecule has 2 rings (SSSR count). The van der Waals surface area contributed by atoms with Crippen LogP contribution in [0.2, 0.25) is 0 Å². The zero-order chi connectivity index (χ0) is 12.4. The number of nitrogens with one attached hydrogen (secondary N) is 1. The van der Waals surface area contributed by atoms with Gasteiger partial charge in [0.1, 0.15) is 0 Å². The normalized spacial score (nSPS) is 13.2. The number of aryl methyl sites for hydroxylation is 1. The predicted molar refractivity (Wildman–Crippen MR) is 71.0 cm³/mol. The molecule has 1 unspecified atom stereocenters. The SMILES string of the molecule is Cc1c(CNCC(C)O)c2ccccc2n1C. The van der Waals surface area contributed by atoms with Crippen LogP contribution in [-0.2, 0) is 13.6 Å². The van der Waals surface area contributed by atoms with Gasteiger partial charge in [-0.1, -0.05) is 18.2 Å². The number of nitrogens with zero attached hydrogens (tertiary/aromatic N) is 1. The van der Waals surface area contributed by atoms with E-state index in [1.54, 1.807) is 6.92 Å². The van der Waals surface area contributed by atoms with Gasteiger partial charge < -0.3 is 15.0 Å². The fraction of sp³-hybridized carbons (Fsp3) is 0.429. The van der Waals surface area contributed by atoms with Crippen molar-refractivity contribution < 1.29 is 5.11 Å². The van der Waals surface area contributed by atoms with Crippen molar-refractivity contribution in [2.75, 3.05) is 6.54 Å². The zero-order valence-corrected chi connectivity index (χ0v) is 10.7. The summed E-state index contributed by atoms with van der Waals surface area (Å²) in [6.07, 6.45) is -0.301. The molecule has 17 heavy (non-hydrogen) atoms. The van der Waals surface area contributed by atoms with E-state index >= 15 is 0 Å². The topological polar surface area (TPSA) is 37.2 Å². The van der Waals surface area contributed by atoms with E-state index in [4.69, 9.17) is 0 Å². The number of fused-ring (bicyclic) bond motifs is 1. The average Bonchev–Trinajstić information content (AvgIpc) is 2.54. The van der Waals surface area contributed by atoms with Gasteiger partial charge >= 0.3 is 0 Å². The third-order valence-electron chi connectivity index (χ3n) is 3.27. The van der Waals surface area contributed by atoms with Crippen molar-refractivity contribution in [3.05, 3.63) is 35.5 Å². The molecule has 0 aliphatic carbocycles. The van der Waals surface area contributed by atoms with E-state index in [1.807, 2.05) is 0 Å². The molecule has 0 aliphatic heterocycles. The lowest BCUT2D eigenvalue weighted by molar-refractivity contribution is 0.191. The van der Waals surface area contributed by atoms with Crippen molar-refractivity contribution in [2.45, 2.75) is 26.5 Å². The minimum absolute atomic E-state index is 0.301. The van der Waals surface area contributed by atoms with Gasteiger partial charge in [0, 0.05) is 36.7 Å². The molecule has 0 radical (unpaired) electrons. The van der Waals surface area contributed by atoms with Gasteiger partial charge in [-0.3, -0.25) is 0 Å². The maximum Gasteiger partial charge on any atom is 0.0636 e.